The number of hydrogen-bond donors (Lipinski definition) is 1. The van der Waals surface area contributed by atoms with Crippen molar-refractivity contribution in [1.29, 1.82) is 0 Å². The molecule has 2 N–H and O–H groups in total. The second-order valence-corrected chi connectivity index (χ2v) is 9.17. The van der Waals surface area contributed by atoms with Crippen molar-refractivity contribution in [1.82, 2.24) is 24.7 Å². The van der Waals surface area contributed by atoms with Crippen molar-refractivity contribution in [2.75, 3.05) is 5.73 Å². The lowest BCUT2D eigenvalue weighted by Crippen LogP contribution is -2.11. The summed E-state index contributed by atoms with van der Waals surface area (Å²) in [4.78, 5) is 13.8. The van der Waals surface area contributed by atoms with Gasteiger partial charge in [0.2, 0.25) is 0 Å². The fraction of sp³-hybridized carbons (Fsp3) is 0.308. The van der Waals surface area contributed by atoms with E-state index in [9.17, 15) is 4.39 Å². The summed E-state index contributed by atoms with van der Waals surface area (Å²) >= 11 is 0. The molecule has 2 bridgehead atoms. The quantitative estimate of drug-likeness (QED) is 0.462. The van der Waals surface area contributed by atoms with E-state index in [-0.39, 0.29) is 11.6 Å². The molecule has 0 unspecified atom stereocenters. The Hall–Kier alpha value is -3.81. The zero-order chi connectivity index (χ0) is 23.4. The van der Waals surface area contributed by atoms with Gasteiger partial charge in [-0.1, -0.05) is 0 Å². The molecule has 1 aliphatic carbocycles. The second kappa shape index (κ2) is 7.90. The van der Waals surface area contributed by atoms with Gasteiger partial charge in [0.25, 0.3) is 0 Å². The van der Waals surface area contributed by atoms with Crippen LogP contribution in [0.15, 0.2) is 42.9 Å². The SMILES string of the molecule is Cc1nn(CC2CC2)c2c1Cc1nccnc1-c1ccc(F)cc1[C@@H](C)Oc1cc-2cnc1N. The molecule has 8 heteroatoms. The molecular weight excluding hydrogens is 431 g/mol. The molecule has 1 atom stereocenters. The van der Waals surface area contributed by atoms with Gasteiger partial charge in [-0.25, -0.2) is 9.37 Å². The maximum Gasteiger partial charge on any atom is 0.166 e. The third-order valence-corrected chi connectivity index (χ3v) is 6.66. The Morgan fingerprint density at radius 2 is 1.97 bits per heavy atom. The summed E-state index contributed by atoms with van der Waals surface area (Å²) in [6.45, 7) is 4.76. The van der Waals surface area contributed by atoms with Crippen LogP contribution >= 0.6 is 0 Å². The van der Waals surface area contributed by atoms with Gasteiger partial charge >= 0.3 is 0 Å². The predicted octanol–water partition coefficient (Wildman–Crippen LogP) is 4.89. The molecular formula is C26H25FN6O. The van der Waals surface area contributed by atoms with E-state index >= 15 is 0 Å². The van der Waals surface area contributed by atoms with Gasteiger partial charge in [0.1, 0.15) is 11.9 Å². The number of halogens is 1. The number of nitrogens with zero attached hydrogens (tertiary/aromatic N) is 5. The van der Waals surface area contributed by atoms with Crippen LogP contribution < -0.4 is 10.5 Å². The summed E-state index contributed by atoms with van der Waals surface area (Å²) in [7, 11) is 0. The van der Waals surface area contributed by atoms with E-state index in [0.717, 1.165) is 40.3 Å². The number of anilines is 1. The molecule has 1 aromatic carbocycles. The normalized spacial score (nSPS) is 17.0. The highest BCUT2D eigenvalue weighted by Gasteiger charge is 2.28. The summed E-state index contributed by atoms with van der Waals surface area (Å²) in [5.74, 6) is 1.06. The highest BCUT2D eigenvalue weighted by molar-refractivity contribution is 5.71. The van der Waals surface area contributed by atoms with Gasteiger partial charge < -0.3 is 10.5 Å². The Balaban J connectivity index is 1.63. The first-order valence-corrected chi connectivity index (χ1v) is 11.6. The molecule has 0 saturated heterocycles. The molecule has 1 fully saturated rings. The fourth-order valence-electron chi connectivity index (χ4n) is 4.74. The van der Waals surface area contributed by atoms with Gasteiger partial charge in [-0.05, 0) is 56.9 Å². The van der Waals surface area contributed by atoms with Crippen LogP contribution in [-0.2, 0) is 13.0 Å². The van der Waals surface area contributed by atoms with Crippen molar-refractivity contribution in [3.05, 3.63) is 71.2 Å². The van der Waals surface area contributed by atoms with Gasteiger partial charge in [0.15, 0.2) is 11.6 Å². The number of ether oxygens (including phenoxy) is 1. The maximum atomic E-state index is 14.3. The van der Waals surface area contributed by atoms with Gasteiger partial charge in [0.05, 0.1) is 22.8 Å². The summed E-state index contributed by atoms with van der Waals surface area (Å²) in [5, 5.41) is 4.90. The van der Waals surface area contributed by atoms with E-state index in [1.165, 1.54) is 25.0 Å². The van der Waals surface area contributed by atoms with E-state index in [4.69, 9.17) is 20.6 Å². The largest absolute Gasteiger partial charge is 0.482 e. The lowest BCUT2D eigenvalue weighted by molar-refractivity contribution is 0.227. The number of aromatic nitrogens is 5. The van der Waals surface area contributed by atoms with E-state index in [2.05, 4.69) is 14.6 Å². The number of nitrogen functional groups attached to an aromatic ring is 1. The van der Waals surface area contributed by atoms with Gasteiger partial charge in [-0.2, -0.15) is 5.10 Å². The fourth-order valence-corrected chi connectivity index (χ4v) is 4.74. The van der Waals surface area contributed by atoms with Crippen molar-refractivity contribution in [3.63, 3.8) is 0 Å². The number of rotatable bonds is 2. The van der Waals surface area contributed by atoms with E-state index in [0.29, 0.717) is 29.3 Å². The molecule has 4 aromatic rings. The Labute approximate surface area is 196 Å². The van der Waals surface area contributed by atoms with Gasteiger partial charge in [-0.15, -0.1) is 0 Å². The summed E-state index contributed by atoms with van der Waals surface area (Å²) in [6.07, 6.45) is 7.63. The van der Waals surface area contributed by atoms with E-state index in [1.54, 1.807) is 24.7 Å². The number of benzene rings is 1. The van der Waals surface area contributed by atoms with Gasteiger partial charge in [0, 0.05) is 53.8 Å². The Morgan fingerprint density at radius 3 is 2.79 bits per heavy atom. The standard InChI is InChI=1S/C26H25FN6O/c1-14-20-11-22-24(30-8-7-29-22)19-6-5-18(27)10-21(19)15(2)34-23-9-17(12-31-26(23)28)25(20)33(32-14)13-16-3-4-16/h5-10,12,15-16H,3-4,11,13H2,1-2H3,(H2,28,31)/t15-/m1/s1. The summed E-state index contributed by atoms with van der Waals surface area (Å²) in [6, 6.07) is 6.59. The minimum Gasteiger partial charge on any atom is -0.482 e. The average Bonchev–Trinajstić information content (AvgIpc) is 3.58. The molecule has 0 spiro atoms. The molecule has 7 nitrogen and oxygen atoms in total. The molecule has 1 saturated carbocycles. The minimum atomic E-state index is -0.489. The molecule has 172 valence electrons. The first-order valence-electron chi connectivity index (χ1n) is 11.6. The summed E-state index contributed by atoms with van der Waals surface area (Å²) < 4.78 is 22.7. The molecule has 6 rings (SSSR count). The van der Waals surface area contributed by atoms with Crippen LogP contribution in [-0.4, -0.2) is 24.7 Å². The number of nitrogens with two attached hydrogens (primary N) is 1. The molecule has 1 aliphatic heterocycles. The highest BCUT2D eigenvalue weighted by Crippen LogP contribution is 2.40. The number of aryl methyl sites for hydroxylation is 1. The van der Waals surface area contributed by atoms with Crippen molar-refractivity contribution >= 4 is 5.82 Å². The van der Waals surface area contributed by atoms with Crippen LogP contribution in [0.2, 0.25) is 0 Å². The Morgan fingerprint density at radius 1 is 1.15 bits per heavy atom. The summed E-state index contributed by atoms with van der Waals surface area (Å²) in [5.41, 5.74) is 13.1. The monoisotopic (exact) mass is 456 g/mol. The smallest absolute Gasteiger partial charge is 0.166 e. The molecule has 0 amide bonds. The molecule has 2 aliphatic rings. The maximum absolute atomic E-state index is 14.3. The van der Waals surface area contributed by atoms with Crippen LogP contribution in [0.25, 0.3) is 22.5 Å². The highest BCUT2D eigenvalue weighted by atomic mass is 19.1. The van der Waals surface area contributed by atoms with Gasteiger partial charge in [-0.3, -0.25) is 14.6 Å². The third kappa shape index (κ3) is 3.59. The molecule has 3 aromatic heterocycles. The lowest BCUT2D eigenvalue weighted by Gasteiger charge is -2.21. The predicted molar refractivity (Wildman–Crippen MR) is 127 cm³/mol. The van der Waals surface area contributed by atoms with Crippen molar-refractivity contribution in [3.8, 4) is 28.3 Å². The molecule has 4 heterocycles. The second-order valence-electron chi connectivity index (χ2n) is 9.17. The average molecular weight is 457 g/mol. The third-order valence-electron chi connectivity index (χ3n) is 6.66. The van der Waals surface area contributed by atoms with Crippen molar-refractivity contribution < 1.29 is 9.13 Å². The molecule has 34 heavy (non-hydrogen) atoms. The lowest BCUT2D eigenvalue weighted by atomic mass is 9.95. The number of pyridine rings is 1. The van der Waals surface area contributed by atoms with E-state index in [1.807, 2.05) is 19.9 Å². The topological polar surface area (TPSA) is 91.7 Å². The van der Waals surface area contributed by atoms with Crippen molar-refractivity contribution in [2.45, 2.75) is 45.8 Å². The van der Waals surface area contributed by atoms with Crippen LogP contribution in [0.4, 0.5) is 10.2 Å². The number of hydrogen-bond acceptors (Lipinski definition) is 6. The zero-order valence-electron chi connectivity index (χ0n) is 19.1. The van der Waals surface area contributed by atoms with Crippen LogP contribution in [0.5, 0.6) is 5.75 Å². The first-order chi connectivity index (χ1) is 16.5. The Bertz CT molecular complexity index is 1410. The van der Waals surface area contributed by atoms with Crippen LogP contribution in [0.1, 0.15) is 48.4 Å². The Kier molecular flexibility index (Phi) is 4.83. The van der Waals surface area contributed by atoms with Crippen LogP contribution in [0.3, 0.4) is 0 Å². The minimum absolute atomic E-state index is 0.289. The molecule has 0 radical (unpaired) electrons. The first kappa shape index (κ1) is 20.8. The van der Waals surface area contributed by atoms with Crippen molar-refractivity contribution in [2.24, 2.45) is 5.92 Å². The zero-order valence-corrected chi connectivity index (χ0v) is 19.1. The van der Waals surface area contributed by atoms with E-state index < -0.39 is 6.10 Å². The van der Waals surface area contributed by atoms with Crippen LogP contribution in [0, 0.1) is 18.7 Å². The number of fused-ring (bicyclic) bond motifs is 7.